The molecule has 2 heterocycles. The molecule has 3 rings (SSSR count). The van der Waals surface area contributed by atoms with E-state index in [1.807, 2.05) is 13.8 Å². The molecule has 1 aromatic carbocycles. The number of sulfonamides is 1. The van der Waals surface area contributed by atoms with E-state index in [4.69, 9.17) is 4.42 Å². The molecule has 0 spiro atoms. The van der Waals surface area contributed by atoms with Crippen molar-refractivity contribution in [3.63, 3.8) is 0 Å². The van der Waals surface area contributed by atoms with Gasteiger partial charge in [0.1, 0.15) is 5.76 Å². The fourth-order valence-corrected chi connectivity index (χ4v) is 4.75. The zero-order chi connectivity index (χ0) is 21.7. The van der Waals surface area contributed by atoms with Crippen molar-refractivity contribution in [3.8, 4) is 0 Å². The molecule has 30 heavy (non-hydrogen) atoms. The van der Waals surface area contributed by atoms with Crippen LogP contribution in [0.2, 0.25) is 0 Å². The molecule has 0 saturated carbocycles. The lowest BCUT2D eigenvalue weighted by atomic mass is 10.2. The Hall–Kier alpha value is -2.95. The van der Waals surface area contributed by atoms with Gasteiger partial charge in [-0.3, -0.25) is 20.4 Å². The number of carbonyl (C=O) groups excluding carboxylic acids is 2. The number of nitrogens with one attached hydrogen (secondary N) is 3. The summed E-state index contributed by atoms with van der Waals surface area (Å²) in [5, 5.41) is 0. The summed E-state index contributed by atoms with van der Waals surface area (Å²) >= 11 is 1.37. The number of hydrogen-bond acceptors (Lipinski definition) is 6. The van der Waals surface area contributed by atoms with Gasteiger partial charge in [0, 0.05) is 10.4 Å². The fraction of sp³-hybridized carbons (Fsp3) is 0.200. The van der Waals surface area contributed by atoms with E-state index in [0.29, 0.717) is 10.6 Å². The SMILES string of the molecule is CCc1sc(C(=O)NNC(=O)c2cccc(S(=O)(=O)NCc3ccco3)c2)cc1C. The Kier molecular flexibility index (Phi) is 6.70. The van der Waals surface area contributed by atoms with Crippen LogP contribution in [0.5, 0.6) is 0 Å². The quantitative estimate of drug-likeness (QED) is 0.482. The van der Waals surface area contributed by atoms with Crippen molar-refractivity contribution in [2.75, 3.05) is 0 Å². The van der Waals surface area contributed by atoms with Crippen LogP contribution >= 0.6 is 11.3 Å². The molecule has 0 bridgehead atoms. The van der Waals surface area contributed by atoms with Gasteiger partial charge in [-0.25, -0.2) is 13.1 Å². The lowest BCUT2D eigenvalue weighted by molar-refractivity contribution is 0.0848. The first-order valence-electron chi connectivity index (χ1n) is 9.12. The van der Waals surface area contributed by atoms with E-state index in [9.17, 15) is 18.0 Å². The van der Waals surface area contributed by atoms with Crippen LogP contribution in [-0.2, 0) is 23.0 Å². The van der Waals surface area contributed by atoms with Gasteiger partial charge in [0.25, 0.3) is 11.8 Å². The van der Waals surface area contributed by atoms with Gasteiger partial charge in [0.15, 0.2) is 0 Å². The van der Waals surface area contributed by atoms with E-state index in [0.717, 1.165) is 16.9 Å². The molecule has 0 unspecified atom stereocenters. The lowest BCUT2D eigenvalue weighted by Crippen LogP contribution is -2.41. The number of benzene rings is 1. The second-order valence-electron chi connectivity index (χ2n) is 6.41. The summed E-state index contributed by atoms with van der Waals surface area (Å²) in [5.74, 6) is -0.597. The molecule has 3 aromatic rings. The highest BCUT2D eigenvalue weighted by atomic mass is 32.2. The maximum atomic E-state index is 12.5. The molecule has 10 heteroatoms. The van der Waals surface area contributed by atoms with Crippen molar-refractivity contribution in [3.05, 3.63) is 75.4 Å². The van der Waals surface area contributed by atoms with Gasteiger partial charge in [-0.2, -0.15) is 0 Å². The largest absolute Gasteiger partial charge is 0.468 e. The number of rotatable bonds is 7. The summed E-state index contributed by atoms with van der Waals surface area (Å²) < 4.78 is 32.4. The van der Waals surface area contributed by atoms with Crippen LogP contribution in [0.25, 0.3) is 0 Å². The van der Waals surface area contributed by atoms with E-state index in [1.54, 1.807) is 18.2 Å². The minimum Gasteiger partial charge on any atom is -0.468 e. The second-order valence-corrected chi connectivity index (χ2v) is 9.31. The van der Waals surface area contributed by atoms with Crippen LogP contribution in [-0.4, -0.2) is 20.2 Å². The highest BCUT2D eigenvalue weighted by molar-refractivity contribution is 7.89. The zero-order valence-electron chi connectivity index (χ0n) is 16.4. The molecule has 0 aliphatic rings. The number of carbonyl (C=O) groups is 2. The number of thiophene rings is 1. The molecule has 158 valence electrons. The fourth-order valence-electron chi connectivity index (χ4n) is 2.70. The van der Waals surface area contributed by atoms with Crippen LogP contribution < -0.4 is 15.6 Å². The minimum atomic E-state index is -3.85. The second kappa shape index (κ2) is 9.24. The van der Waals surface area contributed by atoms with Crippen LogP contribution in [0.1, 0.15) is 43.2 Å². The third kappa shape index (κ3) is 5.15. The molecule has 0 radical (unpaired) electrons. The average Bonchev–Trinajstić information content (AvgIpc) is 3.39. The van der Waals surface area contributed by atoms with Crippen LogP contribution in [0, 0.1) is 6.92 Å². The molecule has 0 atom stereocenters. The number of furan rings is 1. The summed E-state index contributed by atoms with van der Waals surface area (Å²) in [7, 11) is -3.85. The van der Waals surface area contributed by atoms with E-state index >= 15 is 0 Å². The molecular formula is C20H21N3O5S2. The Morgan fingerprint density at radius 3 is 2.50 bits per heavy atom. The first-order chi connectivity index (χ1) is 14.3. The molecule has 0 aliphatic heterocycles. The molecular weight excluding hydrogens is 426 g/mol. The van der Waals surface area contributed by atoms with Crippen LogP contribution in [0.3, 0.4) is 0 Å². The third-order valence-electron chi connectivity index (χ3n) is 4.28. The molecule has 0 fully saturated rings. The number of hydrazine groups is 1. The van der Waals surface area contributed by atoms with Gasteiger partial charge in [0.2, 0.25) is 10.0 Å². The predicted molar refractivity (Wildman–Crippen MR) is 113 cm³/mol. The monoisotopic (exact) mass is 447 g/mol. The van der Waals surface area contributed by atoms with E-state index in [1.165, 1.54) is 41.9 Å². The van der Waals surface area contributed by atoms with Gasteiger partial charge < -0.3 is 4.42 Å². The zero-order valence-corrected chi connectivity index (χ0v) is 18.0. The number of aryl methyl sites for hydroxylation is 2. The topological polar surface area (TPSA) is 118 Å². The van der Waals surface area contributed by atoms with E-state index in [-0.39, 0.29) is 17.0 Å². The Morgan fingerprint density at radius 2 is 1.83 bits per heavy atom. The molecule has 2 aromatic heterocycles. The van der Waals surface area contributed by atoms with Crippen molar-refractivity contribution in [1.82, 2.24) is 15.6 Å². The molecule has 0 saturated heterocycles. The highest BCUT2D eigenvalue weighted by Gasteiger charge is 2.18. The van der Waals surface area contributed by atoms with Gasteiger partial charge in [-0.15, -0.1) is 11.3 Å². The normalized spacial score (nSPS) is 11.3. The number of amides is 2. The smallest absolute Gasteiger partial charge is 0.279 e. The highest BCUT2D eigenvalue weighted by Crippen LogP contribution is 2.22. The van der Waals surface area contributed by atoms with Gasteiger partial charge in [0.05, 0.1) is 22.6 Å². The van der Waals surface area contributed by atoms with E-state index < -0.39 is 21.8 Å². The Morgan fingerprint density at radius 1 is 1.07 bits per heavy atom. The van der Waals surface area contributed by atoms with E-state index in [2.05, 4.69) is 15.6 Å². The van der Waals surface area contributed by atoms with Gasteiger partial charge in [-0.05, 0) is 55.3 Å². The number of hydrogen-bond donors (Lipinski definition) is 3. The Bertz CT molecular complexity index is 1150. The Balaban J connectivity index is 1.64. The van der Waals surface area contributed by atoms with Crippen molar-refractivity contribution in [1.29, 1.82) is 0 Å². The predicted octanol–water partition coefficient (Wildman–Crippen LogP) is 2.77. The van der Waals surface area contributed by atoms with Crippen molar-refractivity contribution in [2.24, 2.45) is 0 Å². The first-order valence-corrected chi connectivity index (χ1v) is 11.4. The lowest BCUT2D eigenvalue weighted by Gasteiger charge is -2.09. The molecule has 8 nitrogen and oxygen atoms in total. The van der Waals surface area contributed by atoms with Crippen molar-refractivity contribution in [2.45, 2.75) is 31.7 Å². The summed E-state index contributed by atoms with van der Waals surface area (Å²) in [6.07, 6.45) is 2.27. The summed E-state index contributed by atoms with van der Waals surface area (Å²) in [5.41, 5.74) is 5.79. The average molecular weight is 448 g/mol. The first kappa shape index (κ1) is 21.8. The minimum absolute atomic E-state index is 0.0121. The summed E-state index contributed by atoms with van der Waals surface area (Å²) in [6, 6.07) is 10.6. The van der Waals surface area contributed by atoms with Gasteiger partial charge in [-0.1, -0.05) is 13.0 Å². The third-order valence-corrected chi connectivity index (χ3v) is 7.06. The Labute approximate surface area is 178 Å². The molecule has 2 amide bonds. The van der Waals surface area contributed by atoms with Crippen LogP contribution in [0.4, 0.5) is 0 Å². The summed E-state index contributed by atoms with van der Waals surface area (Å²) in [4.78, 5) is 26.2. The summed E-state index contributed by atoms with van der Waals surface area (Å²) in [6.45, 7) is 3.92. The molecule has 0 aliphatic carbocycles. The van der Waals surface area contributed by atoms with Crippen molar-refractivity contribution < 1.29 is 22.4 Å². The van der Waals surface area contributed by atoms with Crippen molar-refractivity contribution >= 4 is 33.2 Å². The standard InChI is InChI=1S/C20H21N3O5S2/c1-3-17-13(2)10-18(29-17)20(25)23-22-19(24)14-6-4-8-16(11-14)30(26,27)21-12-15-7-5-9-28-15/h4-11,21H,3,12H2,1-2H3,(H,22,24)(H,23,25). The molecule has 3 N–H and O–H groups in total. The van der Waals surface area contributed by atoms with Crippen LogP contribution in [0.15, 0.2) is 58.0 Å². The maximum absolute atomic E-state index is 12.5. The maximum Gasteiger partial charge on any atom is 0.279 e. The van der Waals surface area contributed by atoms with Gasteiger partial charge >= 0.3 is 0 Å².